The minimum atomic E-state index is -0.220. The first-order chi connectivity index (χ1) is 10.6. The molecule has 0 radical (unpaired) electrons. The number of phenolic OH excluding ortho intramolecular Hbond substituents is 2. The zero-order chi connectivity index (χ0) is 15.7. The molecule has 110 valence electrons. The zero-order valence-corrected chi connectivity index (χ0v) is 12.0. The van der Waals surface area contributed by atoms with Crippen LogP contribution in [0.2, 0.25) is 0 Å². The van der Waals surface area contributed by atoms with Crippen molar-refractivity contribution in [2.24, 2.45) is 4.99 Å². The average molecular weight is 293 g/mol. The van der Waals surface area contributed by atoms with Crippen molar-refractivity contribution >= 4 is 11.9 Å². The Hall–Kier alpha value is -3.00. The summed E-state index contributed by atoms with van der Waals surface area (Å²) in [6, 6.07) is 6.61. The van der Waals surface area contributed by atoms with E-state index in [-0.39, 0.29) is 23.6 Å². The van der Waals surface area contributed by atoms with Gasteiger partial charge in [-0.3, -0.25) is 4.99 Å². The predicted octanol–water partition coefficient (Wildman–Crippen LogP) is 2.26. The summed E-state index contributed by atoms with van der Waals surface area (Å²) in [5.41, 5.74) is 2.17. The summed E-state index contributed by atoms with van der Waals surface area (Å²) in [5.74, 6) is 0.131. The highest BCUT2D eigenvalue weighted by Gasteiger charge is 2.28. The number of hydrogen-bond donors (Lipinski definition) is 3. The number of aromatic hydroxyl groups is 2. The van der Waals surface area contributed by atoms with E-state index in [4.69, 9.17) is 0 Å². The molecular formula is C17H15N3O2. The van der Waals surface area contributed by atoms with Gasteiger partial charge >= 0.3 is 0 Å². The summed E-state index contributed by atoms with van der Waals surface area (Å²) in [4.78, 5) is 4.52. The molecule has 2 atom stereocenters. The number of nitrogens with zero attached hydrogens (tertiary/aromatic N) is 2. The lowest BCUT2D eigenvalue weighted by Crippen LogP contribution is -2.34. The van der Waals surface area contributed by atoms with Gasteiger partial charge in [0.25, 0.3) is 0 Å². The molecule has 3 N–H and O–H groups in total. The van der Waals surface area contributed by atoms with Gasteiger partial charge in [0.1, 0.15) is 11.9 Å². The van der Waals surface area contributed by atoms with Crippen molar-refractivity contribution in [3.8, 4) is 17.6 Å². The lowest BCUT2D eigenvalue weighted by Gasteiger charge is -2.16. The van der Waals surface area contributed by atoms with Crippen LogP contribution in [0.3, 0.4) is 0 Å². The summed E-state index contributed by atoms with van der Waals surface area (Å²) in [7, 11) is 0. The van der Waals surface area contributed by atoms with Crippen molar-refractivity contribution in [3.63, 3.8) is 0 Å². The van der Waals surface area contributed by atoms with Crippen molar-refractivity contribution in [1.82, 2.24) is 5.32 Å². The van der Waals surface area contributed by atoms with Gasteiger partial charge in [-0.05, 0) is 30.7 Å². The van der Waals surface area contributed by atoms with Crippen LogP contribution in [0.15, 0.2) is 52.6 Å². The molecule has 3 rings (SSSR count). The third kappa shape index (κ3) is 2.59. The first-order valence-electron chi connectivity index (χ1n) is 6.92. The molecule has 1 aliphatic heterocycles. The summed E-state index contributed by atoms with van der Waals surface area (Å²) in [5, 5.41) is 31.5. The van der Waals surface area contributed by atoms with Crippen LogP contribution in [-0.4, -0.2) is 28.1 Å². The third-order valence-corrected chi connectivity index (χ3v) is 3.63. The fourth-order valence-electron chi connectivity index (χ4n) is 2.50. The van der Waals surface area contributed by atoms with Crippen LogP contribution in [0.5, 0.6) is 11.5 Å². The van der Waals surface area contributed by atoms with E-state index in [1.165, 1.54) is 12.1 Å². The van der Waals surface area contributed by atoms with Gasteiger partial charge in [-0.25, -0.2) is 0 Å². The second kappa shape index (κ2) is 5.41. The molecular weight excluding hydrogens is 278 g/mol. The van der Waals surface area contributed by atoms with Gasteiger partial charge in [0.05, 0.1) is 17.7 Å². The Morgan fingerprint density at radius 3 is 2.91 bits per heavy atom. The normalized spacial score (nSPS) is 23.2. The number of fused-ring (bicyclic) bond motifs is 1. The average Bonchev–Trinajstić information content (AvgIpc) is 2.91. The highest BCUT2D eigenvalue weighted by atomic mass is 16.3. The molecule has 1 aliphatic carbocycles. The largest absolute Gasteiger partial charge is 0.504 e. The Balaban J connectivity index is 1.89. The number of rotatable bonds is 2. The molecule has 1 aromatic rings. The third-order valence-electron chi connectivity index (χ3n) is 3.63. The van der Waals surface area contributed by atoms with Crippen LogP contribution in [0.4, 0.5) is 0 Å². The summed E-state index contributed by atoms with van der Waals surface area (Å²) in [6.07, 6.45) is 7.75. The van der Waals surface area contributed by atoms with E-state index in [0.717, 1.165) is 5.57 Å². The van der Waals surface area contributed by atoms with E-state index in [0.29, 0.717) is 17.0 Å². The molecule has 0 aromatic heterocycles. The number of hydrogen-bond acceptors (Lipinski definition) is 5. The molecule has 0 bridgehead atoms. The van der Waals surface area contributed by atoms with Crippen molar-refractivity contribution < 1.29 is 10.2 Å². The Kier molecular flexibility index (Phi) is 3.43. The van der Waals surface area contributed by atoms with E-state index in [2.05, 4.69) is 22.5 Å². The van der Waals surface area contributed by atoms with Crippen molar-refractivity contribution in [2.45, 2.75) is 19.0 Å². The smallest absolute Gasteiger partial charge is 0.157 e. The van der Waals surface area contributed by atoms with Gasteiger partial charge in [-0.2, -0.15) is 5.26 Å². The van der Waals surface area contributed by atoms with E-state index < -0.39 is 0 Å². The van der Waals surface area contributed by atoms with E-state index in [1.807, 2.05) is 19.1 Å². The summed E-state index contributed by atoms with van der Waals surface area (Å²) in [6.45, 7) is 2.02. The minimum Gasteiger partial charge on any atom is -0.504 e. The van der Waals surface area contributed by atoms with E-state index in [9.17, 15) is 15.5 Å². The fourth-order valence-corrected chi connectivity index (χ4v) is 2.50. The predicted molar refractivity (Wildman–Crippen MR) is 84.4 cm³/mol. The van der Waals surface area contributed by atoms with Gasteiger partial charge < -0.3 is 15.5 Å². The molecule has 0 saturated carbocycles. The number of benzene rings is 1. The molecule has 2 aliphatic rings. The molecule has 0 amide bonds. The second-order valence-electron chi connectivity index (χ2n) is 5.33. The molecule has 1 heterocycles. The Morgan fingerprint density at radius 2 is 2.18 bits per heavy atom. The topological polar surface area (TPSA) is 88.6 Å². The van der Waals surface area contributed by atoms with Gasteiger partial charge in [-0.15, -0.1) is 0 Å². The van der Waals surface area contributed by atoms with Crippen molar-refractivity contribution in [3.05, 3.63) is 53.1 Å². The first kappa shape index (κ1) is 14.0. The standard InChI is InChI=1S/C17H15N3O2/c1-10-2-4-13-14(6-10)20-17(19-13)12(9-18)7-11-3-5-15(21)16(22)8-11/h2-8,13-14,21-22H,1H3,(H,19,20)/b12-7+. The van der Waals surface area contributed by atoms with E-state index >= 15 is 0 Å². The second-order valence-corrected chi connectivity index (χ2v) is 5.33. The fraction of sp³-hybridized carbons (Fsp3) is 0.176. The lowest BCUT2D eigenvalue weighted by molar-refractivity contribution is 0.403. The summed E-state index contributed by atoms with van der Waals surface area (Å²) < 4.78 is 0. The van der Waals surface area contributed by atoms with Gasteiger partial charge in [0, 0.05) is 0 Å². The maximum Gasteiger partial charge on any atom is 0.157 e. The van der Waals surface area contributed by atoms with Gasteiger partial charge in [-0.1, -0.05) is 29.9 Å². The van der Waals surface area contributed by atoms with Crippen LogP contribution in [0, 0.1) is 11.3 Å². The van der Waals surface area contributed by atoms with Crippen LogP contribution in [0.1, 0.15) is 12.5 Å². The number of nitrogens with one attached hydrogen (secondary N) is 1. The molecule has 0 saturated heterocycles. The molecule has 2 unspecified atom stereocenters. The number of nitriles is 1. The molecule has 5 nitrogen and oxygen atoms in total. The zero-order valence-electron chi connectivity index (χ0n) is 12.0. The summed E-state index contributed by atoms with van der Waals surface area (Å²) >= 11 is 0. The molecule has 0 fully saturated rings. The Labute approximate surface area is 128 Å². The van der Waals surface area contributed by atoms with Crippen LogP contribution in [0.25, 0.3) is 6.08 Å². The monoisotopic (exact) mass is 293 g/mol. The minimum absolute atomic E-state index is 0.00340. The van der Waals surface area contributed by atoms with Crippen molar-refractivity contribution in [1.29, 1.82) is 5.26 Å². The number of phenols is 2. The lowest BCUT2D eigenvalue weighted by atomic mass is 10.0. The van der Waals surface area contributed by atoms with Gasteiger partial charge in [0.2, 0.25) is 0 Å². The molecule has 1 aromatic carbocycles. The molecule has 22 heavy (non-hydrogen) atoms. The van der Waals surface area contributed by atoms with E-state index in [1.54, 1.807) is 12.1 Å². The Bertz CT molecular complexity index is 782. The quantitative estimate of drug-likeness (QED) is 0.576. The van der Waals surface area contributed by atoms with Gasteiger partial charge in [0.15, 0.2) is 11.5 Å². The maximum atomic E-state index is 9.52. The first-order valence-corrected chi connectivity index (χ1v) is 6.92. The maximum absolute atomic E-state index is 9.52. The number of amidine groups is 1. The van der Waals surface area contributed by atoms with Crippen LogP contribution >= 0.6 is 0 Å². The highest BCUT2D eigenvalue weighted by Crippen LogP contribution is 2.26. The van der Waals surface area contributed by atoms with Crippen LogP contribution in [-0.2, 0) is 0 Å². The number of aliphatic imine (C=N–C) groups is 1. The SMILES string of the molecule is CC1=CC2NC(/C(C#N)=C/c3ccc(O)c(O)c3)=NC2C=C1. The van der Waals surface area contributed by atoms with Crippen molar-refractivity contribution in [2.75, 3.05) is 0 Å². The Morgan fingerprint density at radius 1 is 1.36 bits per heavy atom. The number of allylic oxidation sites excluding steroid dienone is 2. The van der Waals surface area contributed by atoms with Crippen LogP contribution < -0.4 is 5.32 Å². The molecule has 0 spiro atoms. The highest BCUT2D eigenvalue weighted by molar-refractivity contribution is 6.07. The molecule has 5 heteroatoms.